The first-order valence-electron chi connectivity index (χ1n) is 7.15. The summed E-state index contributed by atoms with van der Waals surface area (Å²) in [6.07, 6.45) is 5.79. The number of hydrogen-bond donors (Lipinski definition) is 0. The van der Waals surface area contributed by atoms with E-state index in [1.807, 2.05) is 29.1 Å². The van der Waals surface area contributed by atoms with Crippen LogP contribution in [-0.2, 0) is 0 Å². The first-order valence-corrected chi connectivity index (χ1v) is 7.15. The smallest absolute Gasteiger partial charge is 0.295 e. The van der Waals surface area contributed by atoms with Gasteiger partial charge in [0.2, 0.25) is 0 Å². The summed E-state index contributed by atoms with van der Waals surface area (Å²) >= 11 is 0. The predicted molar refractivity (Wildman–Crippen MR) is 80.5 cm³/mol. The number of piperidine rings is 1. The van der Waals surface area contributed by atoms with Gasteiger partial charge in [-0.2, -0.15) is 5.10 Å². The topological polar surface area (TPSA) is 64.2 Å². The number of para-hydroxylation sites is 1. The van der Waals surface area contributed by atoms with Crippen molar-refractivity contribution in [3.63, 3.8) is 0 Å². The molecule has 1 aromatic carbocycles. The molecule has 110 valence electrons. The van der Waals surface area contributed by atoms with E-state index in [1.54, 1.807) is 19.2 Å². The molecule has 0 radical (unpaired) electrons. The van der Waals surface area contributed by atoms with Crippen LogP contribution in [-0.4, -0.2) is 27.8 Å². The van der Waals surface area contributed by atoms with Crippen molar-refractivity contribution in [3.8, 4) is 0 Å². The third-order valence-electron chi connectivity index (χ3n) is 4.04. The van der Waals surface area contributed by atoms with Crippen LogP contribution in [0.5, 0.6) is 0 Å². The van der Waals surface area contributed by atoms with E-state index in [0.29, 0.717) is 5.56 Å². The molecule has 0 aliphatic carbocycles. The Bertz CT molecular complexity index is 639. The Balaban J connectivity index is 1.90. The van der Waals surface area contributed by atoms with Crippen LogP contribution in [0.3, 0.4) is 0 Å². The fourth-order valence-corrected chi connectivity index (χ4v) is 3.02. The van der Waals surface area contributed by atoms with Crippen molar-refractivity contribution in [3.05, 3.63) is 52.3 Å². The molecule has 1 saturated heterocycles. The van der Waals surface area contributed by atoms with Crippen LogP contribution in [0.15, 0.2) is 36.7 Å². The van der Waals surface area contributed by atoms with Crippen molar-refractivity contribution >= 4 is 11.4 Å². The molecule has 1 atom stereocenters. The molecular formula is C15H18N4O2. The lowest BCUT2D eigenvalue weighted by Gasteiger charge is -2.34. The number of nitrogens with zero attached hydrogens (tertiary/aromatic N) is 4. The molecule has 6 heteroatoms. The van der Waals surface area contributed by atoms with Gasteiger partial charge in [0.25, 0.3) is 5.69 Å². The van der Waals surface area contributed by atoms with E-state index in [2.05, 4.69) is 10.00 Å². The van der Waals surface area contributed by atoms with Crippen molar-refractivity contribution < 1.29 is 4.92 Å². The van der Waals surface area contributed by atoms with Crippen LogP contribution in [0, 0.1) is 17.0 Å². The van der Waals surface area contributed by atoms with E-state index < -0.39 is 0 Å². The van der Waals surface area contributed by atoms with E-state index in [4.69, 9.17) is 0 Å². The molecule has 1 aromatic heterocycles. The lowest BCUT2D eigenvalue weighted by Crippen LogP contribution is -2.37. The maximum absolute atomic E-state index is 11.4. The first kappa shape index (κ1) is 13.6. The van der Waals surface area contributed by atoms with Gasteiger partial charge in [-0.05, 0) is 31.9 Å². The molecule has 3 rings (SSSR count). The molecule has 0 spiro atoms. The van der Waals surface area contributed by atoms with E-state index in [-0.39, 0.29) is 16.7 Å². The average molecular weight is 286 g/mol. The van der Waals surface area contributed by atoms with E-state index >= 15 is 0 Å². The van der Waals surface area contributed by atoms with Crippen molar-refractivity contribution in [2.45, 2.75) is 25.8 Å². The van der Waals surface area contributed by atoms with Gasteiger partial charge in [-0.1, -0.05) is 12.1 Å². The van der Waals surface area contributed by atoms with Gasteiger partial charge in [-0.15, -0.1) is 0 Å². The zero-order chi connectivity index (χ0) is 14.8. The second kappa shape index (κ2) is 5.55. The Labute approximate surface area is 123 Å². The Morgan fingerprint density at radius 2 is 2.24 bits per heavy atom. The van der Waals surface area contributed by atoms with Crippen molar-refractivity contribution in [1.82, 2.24) is 9.78 Å². The second-order valence-electron chi connectivity index (χ2n) is 5.43. The highest BCUT2D eigenvalue weighted by molar-refractivity contribution is 5.66. The largest absolute Gasteiger partial charge is 0.364 e. The highest BCUT2D eigenvalue weighted by Gasteiger charge is 2.27. The molecule has 2 heterocycles. The fraction of sp³-hybridized carbons (Fsp3) is 0.400. The average Bonchev–Trinajstić information content (AvgIpc) is 3.01. The summed E-state index contributed by atoms with van der Waals surface area (Å²) in [6.45, 7) is 3.39. The number of nitro groups is 1. The molecule has 1 aliphatic heterocycles. The van der Waals surface area contributed by atoms with Crippen molar-refractivity contribution in [2.75, 3.05) is 18.0 Å². The lowest BCUT2D eigenvalue weighted by atomic mass is 10.0. The number of anilines is 1. The van der Waals surface area contributed by atoms with Gasteiger partial charge in [0.15, 0.2) is 0 Å². The standard InChI is InChI=1S/C15H18N4O2/c1-12-5-2-7-14(15(12)19(20)21)17-9-3-6-13(11-17)18-10-4-8-16-18/h2,4-5,7-8,10,13H,3,6,9,11H2,1H3/t13-/m1/s1. The van der Waals surface area contributed by atoms with Gasteiger partial charge in [0.05, 0.1) is 11.0 Å². The Morgan fingerprint density at radius 3 is 2.95 bits per heavy atom. The molecule has 0 saturated carbocycles. The Hall–Kier alpha value is -2.37. The lowest BCUT2D eigenvalue weighted by molar-refractivity contribution is -0.384. The molecule has 0 bridgehead atoms. The van der Waals surface area contributed by atoms with E-state index in [1.165, 1.54) is 0 Å². The van der Waals surface area contributed by atoms with Crippen molar-refractivity contribution in [2.24, 2.45) is 0 Å². The van der Waals surface area contributed by atoms with Gasteiger partial charge < -0.3 is 4.90 Å². The van der Waals surface area contributed by atoms with Crippen LogP contribution in [0.25, 0.3) is 0 Å². The summed E-state index contributed by atoms with van der Waals surface area (Å²) in [5, 5.41) is 15.7. The summed E-state index contributed by atoms with van der Waals surface area (Å²) < 4.78 is 1.95. The van der Waals surface area contributed by atoms with Gasteiger partial charge in [-0.25, -0.2) is 0 Å². The van der Waals surface area contributed by atoms with Crippen LogP contribution in [0.2, 0.25) is 0 Å². The summed E-state index contributed by atoms with van der Waals surface area (Å²) in [4.78, 5) is 13.2. The molecule has 6 nitrogen and oxygen atoms in total. The minimum absolute atomic E-state index is 0.221. The predicted octanol–water partition coefficient (Wildman–Crippen LogP) is 2.94. The number of hydrogen-bond acceptors (Lipinski definition) is 4. The van der Waals surface area contributed by atoms with Gasteiger partial charge in [0.1, 0.15) is 5.69 Å². The normalized spacial score (nSPS) is 18.7. The third-order valence-corrected chi connectivity index (χ3v) is 4.04. The zero-order valence-corrected chi connectivity index (χ0v) is 12.0. The SMILES string of the molecule is Cc1cccc(N2CCC[C@@H](n3cccn3)C2)c1[N+](=O)[O-]. The summed E-state index contributed by atoms with van der Waals surface area (Å²) in [5.74, 6) is 0. The molecule has 0 amide bonds. The molecule has 2 aromatic rings. The number of aryl methyl sites for hydroxylation is 1. The maximum atomic E-state index is 11.4. The monoisotopic (exact) mass is 286 g/mol. The molecule has 21 heavy (non-hydrogen) atoms. The number of aromatic nitrogens is 2. The van der Waals surface area contributed by atoms with Crippen molar-refractivity contribution in [1.29, 1.82) is 0 Å². The van der Waals surface area contributed by atoms with Crippen LogP contribution < -0.4 is 4.90 Å². The minimum Gasteiger partial charge on any atom is -0.364 e. The molecular weight excluding hydrogens is 268 g/mol. The Morgan fingerprint density at radius 1 is 1.38 bits per heavy atom. The molecule has 0 unspecified atom stereocenters. The summed E-state index contributed by atoms with van der Waals surface area (Å²) in [7, 11) is 0. The number of rotatable bonds is 3. The van der Waals surface area contributed by atoms with Crippen LogP contribution in [0.1, 0.15) is 24.4 Å². The van der Waals surface area contributed by atoms with E-state index in [0.717, 1.165) is 31.6 Å². The van der Waals surface area contributed by atoms with Gasteiger partial charge in [-0.3, -0.25) is 14.8 Å². The summed E-state index contributed by atoms with van der Waals surface area (Å²) in [6, 6.07) is 7.70. The number of benzene rings is 1. The summed E-state index contributed by atoms with van der Waals surface area (Å²) in [5.41, 5.74) is 1.65. The first-order chi connectivity index (χ1) is 10.2. The molecule has 1 fully saturated rings. The van der Waals surface area contributed by atoms with E-state index in [9.17, 15) is 10.1 Å². The number of nitro benzene ring substituents is 1. The van der Waals surface area contributed by atoms with Gasteiger partial charge in [0, 0.05) is 31.0 Å². The highest BCUT2D eigenvalue weighted by Crippen LogP contribution is 2.34. The highest BCUT2D eigenvalue weighted by atomic mass is 16.6. The molecule has 0 N–H and O–H groups in total. The molecule has 1 aliphatic rings. The third kappa shape index (κ3) is 2.61. The van der Waals surface area contributed by atoms with Crippen LogP contribution >= 0.6 is 0 Å². The Kier molecular flexibility index (Phi) is 3.60. The minimum atomic E-state index is -0.276. The van der Waals surface area contributed by atoms with Crippen LogP contribution in [0.4, 0.5) is 11.4 Å². The zero-order valence-electron chi connectivity index (χ0n) is 12.0. The quantitative estimate of drug-likeness (QED) is 0.643. The second-order valence-corrected chi connectivity index (χ2v) is 5.43. The van der Waals surface area contributed by atoms with Gasteiger partial charge >= 0.3 is 0 Å². The fourth-order valence-electron chi connectivity index (χ4n) is 3.02. The maximum Gasteiger partial charge on any atom is 0.295 e.